The van der Waals surface area contributed by atoms with Gasteiger partial charge < -0.3 is 19.5 Å². The van der Waals surface area contributed by atoms with Crippen molar-refractivity contribution in [3.63, 3.8) is 0 Å². The van der Waals surface area contributed by atoms with Crippen LogP contribution in [0.25, 0.3) is 11.3 Å². The summed E-state index contributed by atoms with van der Waals surface area (Å²) in [5, 5.41) is 6.81. The fourth-order valence-electron chi connectivity index (χ4n) is 2.93. The summed E-state index contributed by atoms with van der Waals surface area (Å²) >= 11 is 0. The van der Waals surface area contributed by atoms with E-state index in [1.165, 1.54) is 7.11 Å². The highest BCUT2D eigenvalue weighted by Crippen LogP contribution is 2.20. The SMILES string of the molecule is COC(=O)C1CCCN(C(=O)NCc2cc(-c3ccccc3)on2)C1. The number of nitrogens with zero attached hydrogens (tertiary/aromatic N) is 2. The minimum absolute atomic E-state index is 0.210. The van der Waals surface area contributed by atoms with E-state index in [0.29, 0.717) is 24.5 Å². The summed E-state index contributed by atoms with van der Waals surface area (Å²) in [6, 6.07) is 11.2. The molecule has 1 aromatic heterocycles. The maximum atomic E-state index is 12.3. The highest BCUT2D eigenvalue weighted by Gasteiger charge is 2.28. The Morgan fingerprint density at radius 2 is 2.16 bits per heavy atom. The van der Waals surface area contributed by atoms with Crippen LogP contribution in [0.3, 0.4) is 0 Å². The molecule has 0 saturated carbocycles. The van der Waals surface area contributed by atoms with Crippen LogP contribution >= 0.6 is 0 Å². The van der Waals surface area contributed by atoms with Crippen LogP contribution in [-0.4, -0.2) is 42.3 Å². The van der Waals surface area contributed by atoms with E-state index >= 15 is 0 Å². The maximum absolute atomic E-state index is 12.3. The maximum Gasteiger partial charge on any atom is 0.317 e. The van der Waals surface area contributed by atoms with E-state index in [4.69, 9.17) is 9.26 Å². The minimum Gasteiger partial charge on any atom is -0.469 e. The van der Waals surface area contributed by atoms with Crippen molar-refractivity contribution in [2.45, 2.75) is 19.4 Å². The molecule has 2 amide bonds. The van der Waals surface area contributed by atoms with Gasteiger partial charge >= 0.3 is 12.0 Å². The number of carbonyl (C=O) groups is 2. The smallest absolute Gasteiger partial charge is 0.317 e. The molecule has 1 saturated heterocycles. The first-order valence-corrected chi connectivity index (χ1v) is 8.29. The molecule has 1 N–H and O–H groups in total. The number of hydrogen-bond acceptors (Lipinski definition) is 5. The molecule has 7 nitrogen and oxygen atoms in total. The number of urea groups is 1. The molecule has 25 heavy (non-hydrogen) atoms. The first kappa shape index (κ1) is 17.0. The Balaban J connectivity index is 1.54. The van der Waals surface area contributed by atoms with Crippen molar-refractivity contribution in [3.8, 4) is 11.3 Å². The molecule has 2 aromatic rings. The topological polar surface area (TPSA) is 84.7 Å². The summed E-state index contributed by atoms with van der Waals surface area (Å²) < 4.78 is 10.1. The zero-order valence-corrected chi connectivity index (χ0v) is 14.1. The first-order chi connectivity index (χ1) is 12.2. The number of esters is 1. The lowest BCUT2D eigenvalue weighted by atomic mass is 9.98. The summed E-state index contributed by atoms with van der Waals surface area (Å²) in [5.41, 5.74) is 1.58. The largest absolute Gasteiger partial charge is 0.469 e. The second-order valence-corrected chi connectivity index (χ2v) is 6.02. The van der Waals surface area contributed by atoms with Gasteiger partial charge in [-0.2, -0.15) is 0 Å². The molecule has 1 aliphatic heterocycles. The molecule has 1 unspecified atom stereocenters. The summed E-state index contributed by atoms with van der Waals surface area (Å²) in [6.45, 7) is 1.29. The zero-order valence-electron chi connectivity index (χ0n) is 14.1. The van der Waals surface area contributed by atoms with Gasteiger partial charge in [-0.3, -0.25) is 4.79 Å². The Morgan fingerprint density at radius 3 is 2.92 bits per heavy atom. The average Bonchev–Trinajstić information content (AvgIpc) is 3.15. The third-order valence-corrected chi connectivity index (χ3v) is 4.28. The van der Waals surface area contributed by atoms with Crippen LogP contribution in [0.15, 0.2) is 40.9 Å². The van der Waals surface area contributed by atoms with E-state index in [2.05, 4.69) is 10.5 Å². The molecule has 132 valence electrons. The highest BCUT2D eigenvalue weighted by molar-refractivity contribution is 5.77. The van der Waals surface area contributed by atoms with Crippen LogP contribution in [0, 0.1) is 5.92 Å². The first-order valence-electron chi connectivity index (χ1n) is 8.29. The standard InChI is InChI=1S/C18H21N3O4/c1-24-17(22)14-8-5-9-21(12-14)18(23)19-11-15-10-16(25-20-15)13-6-3-2-4-7-13/h2-4,6-7,10,14H,5,8-9,11-12H2,1H3,(H,19,23). The lowest BCUT2D eigenvalue weighted by molar-refractivity contribution is -0.146. The molecule has 1 atom stereocenters. The minimum atomic E-state index is -0.262. The summed E-state index contributed by atoms with van der Waals surface area (Å²) in [5.74, 6) is 0.149. The van der Waals surface area contributed by atoms with Crippen LogP contribution < -0.4 is 5.32 Å². The van der Waals surface area contributed by atoms with Crippen LogP contribution in [-0.2, 0) is 16.1 Å². The van der Waals surface area contributed by atoms with E-state index in [9.17, 15) is 9.59 Å². The number of carbonyl (C=O) groups excluding carboxylic acids is 2. The van der Waals surface area contributed by atoms with Crippen molar-refractivity contribution in [2.24, 2.45) is 5.92 Å². The Bertz CT molecular complexity index is 729. The number of benzene rings is 1. The summed E-state index contributed by atoms with van der Waals surface area (Å²) in [6.07, 6.45) is 1.54. The Labute approximate surface area is 145 Å². The number of amides is 2. The van der Waals surface area contributed by atoms with Crippen molar-refractivity contribution in [2.75, 3.05) is 20.2 Å². The van der Waals surface area contributed by atoms with Gasteiger partial charge in [0.2, 0.25) is 0 Å². The van der Waals surface area contributed by atoms with E-state index in [-0.39, 0.29) is 24.5 Å². The highest BCUT2D eigenvalue weighted by atomic mass is 16.5. The van der Waals surface area contributed by atoms with Crippen molar-refractivity contribution < 1.29 is 18.8 Å². The number of methoxy groups -OCH3 is 1. The lowest BCUT2D eigenvalue weighted by Gasteiger charge is -2.31. The Hall–Kier alpha value is -2.83. The van der Waals surface area contributed by atoms with Crippen molar-refractivity contribution in [1.29, 1.82) is 0 Å². The number of aromatic nitrogens is 1. The number of piperidine rings is 1. The van der Waals surface area contributed by atoms with Crippen molar-refractivity contribution in [3.05, 3.63) is 42.1 Å². The third kappa shape index (κ3) is 4.17. The van der Waals surface area contributed by atoms with Gasteiger partial charge in [0.1, 0.15) is 5.69 Å². The summed E-state index contributed by atoms with van der Waals surface area (Å²) in [4.78, 5) is 25.6. The van der Waals surface area contributed by atoms with E-state index in [0.717, 1.165) is 18.4 Å². The van der Waals surface area contributed by atoms with Gasteiger partial charge in [0, 0.05) is 24.7 Å². The van der Waals surface area contributed by atoms with E-state index in [1.54, 1.807) is 4.90 Å². The van der Waals surface area contributed by atoms with Crippen LogP contribution in [0.1, 0.15) is 18.5 Å². The predicted octanol–water partition coefficient (Wildman–Crippen LogP) is 2.44. The van der Waals surface area contributed by atoms with Gasteiger partial charge in [-0.05, 0) is 12.8 Å². The fraction of sp³-hybridized carbons (Fsp3) is 0.389. The molecule has 2 heterocycles. The molecule has 0 bridgehead atoms. The van der Waals surface area contributed by atoms with Crippen LogP contribution in [0.5, 0.6) is 0 Å². The molecule has 7 heteroatoms. The number of likely N-dealkylation sites (tertiary alicyclic amines) is 1. The molecular weight excluding hydrogens is 322 g/mol. The average molecular weight is 343 g/mol. The molecule has 1 aliphatic rings. The van der Waals surface area contributed by atoms with Gasteiger partial charge in [-0.15, -0.1) is 0 Å². The number of ether oxygens (including phenoxy) is 1. The normalized spacial score (nSPS) is 17.2. The second-order valence-electron chi connectivity index (χ2n) is 6.02. The lowest BCUT2D eigenvalue weighted by Crippen LogP contribution is -2.47. The number of rotatable bonds is 4. The van der Waals surface area contributed by atoms with Gasteiger partial charge in [0.05, 0.1) is 19.6 Å². The monoisotopic (exact) mass is 343 g/mol. The molecule has 1 aromatic carbocycles. The molecule has 0 aliphatic carbocycles. The molecule has 1 fully saturated rings. The zero-order chi connectivity index (χ0) is 17.6. The molecule has 0 radical (unpaired) electrons. The second kappa shape index (κ2) is 7.83. The number of hydrogen-bond donors (Lipinski definition) is 1. The Morgan fingerprint density at radius 1 is 1.36 bits per heavy atom. The fourth-order valence-corrected chi connectivity index (χ4v) is 2.93. The van der Waals surface area contributed by atoms with E-state index < -0.39 is 0 Å². The van der Waals surface area contributed by atoms with Crippen molar-refractivity contribution >= 4 is 12.0 Å². The molecular formula is C18H21N3O4. The van der Waals surface area contributed by atoms with Crippen LogP contribution in [0.4, 0.5) is 4.79 Å². The quantitative estimate of drug-likeness (QED) is 0.862. The van der Waals surface area contributed by atoms with Gasteiger partial charge in [0.25, 0.3) is 0 Å². The molecule has 0 spiro atoms. The van der Waals surface area contributed by atoms with Crippen molar-refractivity contribution in [1.82, 2.24) is 15.4 Å². The van der Waals surface area contributed by atoms with E-state index in [1.807, 2.05) is 36.4 Å². The van der Waals surface area contributed by atoms with Gasteiger partial charge in [-0.25, -0.2) is 4.79 Å². The van der Waals surface area contributed by atoms with Crippen LogP contribution in [0.2, 0.25) is 0 Å². The van der Waals surface area contributed by atoms with Gasteiger partial charge in [0.15, 0.2) is 5.76 Å². The summed E-state index contributed by atoms with van der Waals surface area (Å²) in [7, 11) is 1.37. The number of nitrogens with one attached hydrogen (secondary N) is 1. The van der Waals surface area contributed by atoms with Gasteiger partial charge in [-0.1, -0.05) is 35.5 Å². The Kier molecular flexibility index (Phi) is 5.33. The molecule has 3 rings (SSSR count). The predicted molar refractivity (Wildman–Crippen MR) is 90.5 cm³/mol. The third-order valence-electron chi connectivity index (χ3n) is 4.28.